The molecule has 0 unspecified atom stereocenters. The molecule has 1 aliphatic heterocycles. The predicted molar refractivity (Wildman–Crippen MR) is 171 cm³/mol. The summed E-state index contributed by atoms with van der Waals surface area (Å²) < 4.78 is 57.4. The van der Waals surface area contributed by atoms with E-state index in [9.17, 15) is 0 Å². The Bertz CT molecular complexity index is 896. The third-order valence-electron chi connectivity index (χ3n) is 7.12. The Balaban J connectivity index is 1.40. The molecule has 1 aliphatic rings. The largest absolute Gasteiger partial charge is 0.377 e. The summed E-state index contributed by atoms with van der Waals surface area (Å²) in [5.74, 6) is 0. The van der Waals surface area contributed by atoms with Gasteiger partial charge in [-0.25, -0.2) is 0 Å². The number of nitrogens with zero attached hydrogens (tertiary/aromatic N) is 2. The minimum absolute atomic E-state index is 0.167. The summed E-state index contributed by atoms with van der Waals surface area (Å²) in [6.07, 6.45) is -0.666. The summed E-state index contributed by atoms with van der Waals surface area (Å²) >= 11 is 0. The number of rotatable bonds is 0. The number of ether oxygens (including phenoxy) is 10. The van der Waals surface area contributed by atoms with Crippen molar-refractivity contribution in [1.82, 2.24) is 9.97 Å². The van der Waals surface area contributed by atoms with E-state index in [0.717, 1.165) is 22.8 Å². The Morgan fingerprint density at radius 2 is 0.543 bits per heavy atom. The molecule has 3 rings (SSSR count). The van der Waals surface area contributed by atoms with Crippen LogP contribution in [0.25, 0.3) is 0 Å². The molecule has 0 aromatic carbocycles. The normalized spacial score (nSPS) is 26.2. The minimum atomic E-state index is -0.167. The molecule has 0 N–H and O–H groups in total. The summed E-state index contributed by atoms with van der Waals surface area (Å²) in [5.41, 5.74) is 3.41. The Labute approximate surface area is 274 Å². The molecule has 2 aromatic heterocycles. The zero-order chi connectivity index (χ0) is 32.7. The van der Waals surface area contributed by atoms with E-state index in [1.54, 1.807) is 0 Å². The van der Waals surface area contributed by atoms with Gasteiger partial charge in [0.1, 0.15) is 0 Å². The first-order valence-corrected chi connectivity index (χ1v) is 16.4. The Kier molecular flexibility index (Phi) is 20.1. The van der Waals surface area contributed by atoms with E-state index in [4.69, 9.17) is 57.3 Å². The molecule has 12 nitrogen and oxygen atoms in total. The molecule has 0 saturated carbocycles. The van der Waals surface area contributed by atoms with Crippen LogP contribution in [0.2, 0.25) is 0 Å². The first-order chi connectivity index (χ1) is 22.5. The van der Waals surface area contributed by atoms with Crippen LogP contribution < -0.4 is 0 Å². The molecule has 2 aromatic rings. The summed E-state index contributed by atoms with van der Waals surface area (Å²) in [6.45, 7) is 15.6. The van der Waals surface area contributed by atoms with Gasteiger partial charge in [0.2, 0.25) is 0 Å². The lowest BCUT2D eigenvalue weighted by molar-refractivity contribution is -0.0286. The average Bonchev–Trinajstić information content (AvgIpc) is 3.08. The van der Waals surface area contributed by atoms with Crippen LogP contribution in [0.1, 0.15) is 74.9 Å². The summed E-state index contributed by atoms with van der Waals surface area (Å²) in [6, 6.07) is 11.8. The van der Waals surface area contributed by atoms with Gasteiger partial charge in [-0.2, -0.15) is 0 Å². The van der Waals surface area contributed by atoms with Gasteiger partial charge in [-0.3, -0.25) is 9.97 Å². The minimum Gasteiger partial charge on any atom is -0.377 e. The molecular weight excluding hydrogens is 596 g/mol. The first kappa shape index (κ1) is 38.3. The zero-order valence-electron chi connectivity index (χ0n) is 28.1. The van der Waals surface area contributed by atoms with Crippen molar-refractivity contribution in [2.24, 2.45) is 0 Å². The fourth-order valence-corrected chi connectivity index (χ4v) is 4.40. The second-order valence-corrected chi connectivity index (χ2v) is 10.7. The maximum absolute atomic E-state index is 5.93. The van der Waals surface area contributed by atoms with Crippen LogP contribution in [0.5, 0.6) is 0 Å². The van der Waals surface area contributed by atoms with Gasteiger partial charge in [-0.05, 0) is 52.0 Å². The smallest absolute Gasteiger partial charge is 0.0967 e. The third-order valence-corrected chi connectivity index (χ3v) is 7.12. The zero-order valence-corrected chi connectivity index (χ0v) is 28.1. The number of pyridine rings is 2. The lowest BCUT2D eigenvalue weighted by Crippen LogP contribution is -2.15. The van der Waals surface area contributed by atoms with Gasteiger partial charge in [0.05, 0.1) is 153 Å². The van der Waals surface area contributed by atoms with E-state index in [1.807, 2.05) is 64.1 Å². The molecule has 46 heavy (non-hydrogen) atoms. The fourth-order valence-electron chi connectivity index (χ4n) is 4.40. The van der Waals surface area contributed by atoms with E-state index in [-0.39, 0.29) is 24.4 Å². The van der Waals surface area contributed by atoms with Crippen LogP contribution >= 0.6 is 0 Å². The molecule has 12 heteroatoms. The van der Waals surface area contributed by atoms with E-state index in [1.165, 1.54) is 0 Å². The van der Waals surface area contributed by atoms with Crippen molar-refractivity contribution < 1.29 is 47.4 Å². The summed E-state index contributed by atoms with van der Waals surface area (Å²) in [7, 11) is 0. The topological polar surface area (TPSA) is 118 Å². The highest BCUT2D eigenvalue weighted by molar-refractivity contribution is 5.15. The van der Waals surface area contributed by atoms with Gasteiger partial charge >= 0.3 is 0 Å². The number of hydrogen-bond acceptors (Lipinski definition) is 12. The van der Waals surface area contributed by atoms with Crippen molar-refractivity contribution in [3.05, 3.63) is 59.2 Å². The summed E-state index contributed by atoms with van der Waals surface area (Å²) in [5, 5.41) is 0. The molecule has 0 saturated heterocycles. The van der Waals surface area contributed by atoms with Crippen molar-refractivity contribution in [3.8, 4) is 0 Å². The van der Waals surface area contributed by atoms with Gasteiger partial charge < -0.3 is 47.4 Å². The quantitative estimate of drug-likeness (QED) is 0.397. The van der Waals surface area contributed by atoms with Crippen LogP contribution in [0.4, 0.5) is 0 Å². The number of fused-ring (bicyclic) bond motifs is 4. The molecule has 0 spiro atoms. The third kappa shape index (κ3) is 16.1. The van der Waals surface area contributed by atoms with Crippen molar-refractivity contribution in [3.63, 3.8) is 0 Å². The van der Waals surface area contributed by atoms with Crippen molar-refractivity contribution in [1.29, 1.82) is 0 Å². The van der Waals surface area contributed by atoms with E-state index < -0.39 is 0 Å². The molecule has 0 aliphatic carbocycles. The predicted octanol–water partition coefficient (Wildman–Crippen LogP) is 4.60. The SMILES string of the molecule is C[C@@H]1OCCOCCOCCOCCO[C@@H](C)c2cccc(n2)[C@H](C)OCCOCCOCCOCCO[C@@H](C)c2cccc1n2. The molecular formula is C34H54N2O10. The fraction of sp³-hybridized carbons (Fsp3) is 0.706. The average molecular weight is 651 g/mol. The van der Waals surface area contributed by atoms with Gasteiger partial charge in [0.25, 0.3) is 0 Å². The van der Waals surface area contributed by atoms with Crippen LogP contribution in [0, 0.1) is 0 Å². The molecule has 0 fully saturated rings. The maximum Gasteiger partial charge on any atom is 0.0967 e. The number of aromatic nitrogens is 2. The van der Waals surface area contributed by atoms with Gasteiger partial charge in [0.15, 0.2) is 0 Å². The highest BCUT2D eigenvalue weighted by atomic mass is 16.6. The maximum atomic E-state index is 5.93. The second kappa shape index (κ2) is 24.1. The van der Waals surface area contributed by atoms with Crippen molar-refractivity contribution in [2.45, 2.75) is 52.1 Å². The van der Waals surface area contributed by atoms with Crippen molar-refractivity contribution >= 4 is 0 Å². The molecule has 4 atom stereocenters. The van der Waals surface area contributed by atoms with Gasteiger partial charge in [-0.1, -0.05) is 12.1 Å². The van der Waals surface area contributed by atoms with Gasteiger partial charge in [0, 0.05) is 0 Å². The highest BCUT2D eigenvalue weighted by Gasteiger charge is 2.14. The van der Waals surface area contributed by atoms with E-state index in [2.05, 4.69) is 0 Å². The van der Waals surface area contributed by atoms with Crippen LogP contribution in [-0.4, -0.2) is 116 Å². The van der Waals surface area contributed by atoms with Crippen LogP contribution in [-0.2, 0) is 47.4 Å². The molecule has 0 amide bonds. The molecule has 3 heterocycles. The Hall–Kier alpha value is -2.10. The van der Waals surface area contributed by atoms with E-state index >= 15 is 0 Å². The second-order valence-electron chi connectivity index (χ2n) is 10.7. The lowest BCUT2D eigenvalue weighted by Gasteiger charge is -2.17. The standard InChI is InChI=1S/C34H54N2O10/c1-27-31-7-5-8-32(35-31)28(2)44-24-20-40-17-13-38-14-18-42-22-26-46-30(4)34-10-6-9-33(36-34)29(3)45-25-21-41-16-12-37-11-15-39-19-23-43-27/h5-10,27-30H,11-26H2,1-4H3/t27-,28-,29-,30-/m0/s1. The van der Waals surface area contributed by atoms with Crippen LogP contribution in [0.3, 0.4) is 0 Å². The Morgan fingerprint density at radius 1 is 0.348 bits per heavy atom. The molecule has 0 radical (unpaired) electrons. The molecule has 4 bridgehead atoms. The monoisotopic (exact) mass is 650 g/mol. The highest BCUT2D eigenvalue weighted by Crippen LogP contribution is 2.21. The van der Waals surface area contributed by atoms with Crippen LogP contribution in [0.15, 0.2) is 36.4 Å². The lowest BCUT2D eigenvalue weighted by atomic mass is 10.2. The number of hydrogen-bond donors (Lipinski definition) is 0. The van der Waals surface area contributed by atoms with Gasteiger partial charge in [-0.15, -0.1) is 0 Å². The molecule has 260 valence electrons. The van der Waals surface area contributed by atoms with E-state index in [0.29, 0.717) is 106 Å². The van der Waals surface area contributed by atoms with Crippen molar-refractivity contribution in [2.75, 3.05) is 106 Å². The first-order valence-electron chi connectivity index (χ1n) is 16.4. The summed E-state index contributed by atoms with van der Waals surface area (Å²) in [4.78, 5) is 9.48. The Morgan fingerprint density at radius 3 is 0.761 bits per heavy atom.